The number of carbonyl (C=O) groups excluding carboxylic acids is 1. The highest BCUT2D eigenvalue weighted by molar-refractivity contribution is 6.32. The maximum Gasteiger partial charge on any atom is 0.273 e. The fourth-order valence-corrected chi connectivity index (χ4v) is 2.62. The van der Waals surface area contributed by atoms with Crippen LogP contribution in [0.3, 0.4) is 0 Å². The Morgan fingerprint density at radius 3 is 2.91 bits per heavy atom. The highest BCUT2D eigenvalue weighted by atomic mass is 16.5. The molecule has 22 heavy (non-hydrogen) atoms. The fraction of sp³-hybridized carbons (Fsp3) is 0.0625. The molecule has 108 valence electrons. The summed E-state index contributed by atoms with van der Waals surface area (Å²) in [5.41, 5.74) is 6.39. The fourth-order valence-electron chi connectivity index (χ4n) is 2.62. The van der Waals surface area contributed by atoms with Gasteiger partial charge in [-0.2, -0.15) is 5.10 Å². The van der Waals surface area contributed by atoms with Crippen LogP contribution in [-0.2, 0) is 4.79 Å². The smallest absolute Gasteiger partial charge is 0.273 e. The van der Waals surface area contributed by atoms with Crippen LogP contribution in [0.1, 0.15) is 17.0 Å². The topological polar surface area (TPSA) is 83.3 Å². The Kier molecular flexibility index (Phi) is 2.69. The number of carbonyl (C=O) groups is 1. The summed E-state index contributed by atoms with van der Waals surface area (Å²) < 4.78 is 5.11. The normalized spacial score (nSPS) is 16.3. The zero-order valence-corrected chi connectivity index (χ0v) is 11.8. The lowest BCUT2D eigenvalue weighted by atomic mass is 10.0. The summed E-state index contributed by atoms with van der Waals surface area (Å²) in [5.74, 6) is 0.207. The minimum Gasteiger partial charge on any atom is -0.358 e. The molecule has 0 atom stereocenters. The van der Waals surface area contributed by atoms with Crippen molar-refractivity contribution in [1.82, 2.24) is 15.6 Å². The number of H-pyrrole nitrogens is 1. The molecule has 0 radical (unpaired) electrons. The average molecular weight is 292 g/mol. The molecule has 2 aromatic heterocycles. The summed E-state index contributed by atoms with van der Waals surface area (Å²) in [6, 6.07) is 9.64. The number of hydrogen-bond donors (Lipinski definition) is 2. The van der Waals surface area contributed by atoms with Crippen molar-refractivity contribution in [2.75, 3.05) is 0 Å². The summed E-state index contributed by atoms with van der Waals surface area (Å²) in [4.78, 5) is 15.4. The molecule has 1 aliphatic heterocycles. The lowest BCUT2D eigenvalue weighted by molar-refractivity contribution is -0.116. The summed E-state index contributed by atoms with van der Waals surface area (Å²) >= 11 is 0. The van der Waals surface area contributed by atoms with Crippen LogP contribution >= 0.6 is 0 Å². The molecule has 0 bridgehead atoms. The number of hydrazone groups is 1. The van der Waals surface area contributed by atoms with E-state index in [0.29, 0.717) is 17.0 Å². The van der Waals surface area contributed by atoms with E-state index in [1.807, 2.05) is 37.3 Å². The van der Waals surface area contributed by atoms with Gasteiger partial charge in [0.25, 0.3) is 5.91 Å². The third-order valence-electron chi connectivity index (χ3n) is 3.67. The molecule has 0 unspecified atom stereocenters. The number of hydrogen-bond acceptors (Lipinski definition) is 4. The zero-order chi connectivity index (χ0) is 15.1. The van der Waals surface area contributed by atoms with E-state index in [9.17, 15) is 4.79 Å². The van der Waals surface area contributed by atoms with Gasteiger partial charge < -0.3 is 9.51 Å². The highest BCUT2D eigenvalue weighted by Gasteiger charge is 2.27. The Hall–Kier alpha value is -3.15. The van der Waals surface area contributed by atoms with Crippen molar-refractivity contribution in [2.45, 2.75) is 6.92 Å². The van der Waals surface area contributed by atoms with Crippen LogP contribution in [0.2, 0.25) is 0 Å². The van der Waals surface area contributed by atoms with Gasteiger partial charge in [-0.25, -0.2) is 5.43 Å². The van der Waals surface area contributed by atoms with Crippen LogP contribution < -0.4 is 5.43 Å². The predicted molar refractivity (Wildman–Crippen MR) is 82.2 cm³/mol. The van der Waals surface area contributed by atoms with Gasteiger partial charge in [-0.15, -0.1) is 0 Å². The number of aryl methyl sites for hydroxylation is 1. The van der Waals surface area contributed by atoms with Gasteiger partial charge >= 0.3 is 0 Å². The van der Waals surface area contributed by atoms with E-state index >= 15 is 0 Å². The average Bonchev–Trinajstić information content (AvgIpc) is 3.21. The molecule has 4 rings (SSSR count). The van der Waals surface area contributed by atoms with Gasteiger partial charge in [-0.1, -0.05) is 23.4 Å². The molecular weight excluding hydrogens is 280 g/mol. The number of benzene rings is 1. The third kappa shape index (κ3) is 1.85. The Morgan fingerprint density at radius 2 is 2.09 bits per heavy atom. The van der Waals surface area contributed by atoms with Crippen LogP contribution in [0.15, 0.2) is 51.7 Å². The standard InChI is InChI=1S/C16H12N4O2/c1-9-11(10-4-2-3-5-13(10)18-9)8-12-15(19-20-16(12)21)14-6-7-17-22-14/h2-8,18H,1H3,(H,20,21). The van der Waals surface area contributed by atoms with E-state index in [1.54, 1.807) is 6.07 Å². The van der Waals surface area contributed by atoms with Crippen molar-refractivity contribution >= 4 is 28.6 Å². The van der Waals surface area contributed by atoms with Crippen LogP contribution in [0.5, 0.6) is 0 Å². The second-order valence-electron chi connectivity index (χ2n) is 5.05. The first kappa shape index (κ1) is 12.6. The number of aromatic amines is 1. The Bertz CT molecular complexity index is 932. The first-order valence-corrected chi connectivity index (χ1v) is 6.82. The Morgan fingerprint density at radius 1 is 1.23 bits per heavy atom. The van der Waals surface area contributed by atoms with Gasteiger partial charge in [0.2, 0.25) is 0 Å². The van der Waals surface area contributed by atoms with Crippen molar-refractivity contribution in [3.63, 3.8) is 0 Å². The first-order valence-electron chi connectivity index (χ1n) is 6.82. The van der Waals surface area contributed by atoms with Crippen LogP contribution in [0.25, 0.3) is 17.0 Å². The SMILES string of the molecule is Cc1[nH]c2ccccc2c1C=C1C(=O)NN=C1c1ccno1. The van der Waals surface area contributed by atoms with E-state index in [1.165, 1.54) is 6.20 Å². The summed E-state index contributed by atoms with van der Waals surface area (Å²) in [6.45, 7) is 1.98. The van der Waals surface area contributed by atoms with Gasteiger partial charge in [-0.3, -0.25) is 4.79 Å². The minimum atomic E-state index is -0.254. The van der Waals surface area contributed by atoms with E-state index in [0.717, 1.165) is 22.2 Å². The number of aromatic nitrogens is 2. The second kappa shape index (κ2) is 4.70. The lowest BCUT2D eigenvalue weighted by Gasteiger charge is -1.99. The van der Waals surface area contributed by atoms with Gasteiger partial charge in [0, 0.05) is 28.2 Å². The van der Waals surface area contributed by atoms with E-state index in [4.69, 9.17) is 4.52 Å². The molecule has 1 aromatic carbocycles. The monoisotopic (exact) mass is 292 g/mol. The number of amides is 1. The summed E-state index contributed by atoms with van der Waals surface area (Å²) in [5, 5.41) is 8.76. The largest absolute Gasteiger partial charge is 0.358 e. The molecular formula is C16H12N4O2. The highest BCUT2D eigenvalue weighted by Crippen LogP contribution is 2.26. The van der Waals surface area contributed by atoms with Crippen LogP contribution in [0, 0.1) is 6.92 Å². The zero-order valence-electron chi connectivity index (χ0n) is 11.8. The Balaban J connectivity index is 1.88. The molecule has 0 saturated heterocycles. The number of fused-ring (bicyclic) bond motifs is 1. The van der Waals surface area contributed by atoms with Crippen LogP contribution in [-0.4, -0.2) is 21.8 Å². The number of para-hydroxylation sites is 1. The van der Waals surface area contributed by atoms with Crippen molar-refractivity contribution in [3.8, 4) is 0 Å². The van der Waals surface area contributed by atoms with Gasteiger partial charge in [0.1, 0.15) is 5.71 Å². The van der Waals surface area contributed by atoms with Crippen molar-refractivity contribution in [1.29, 1.82) is 0 Å². The second-order valence-corrected chi connectivity index (χ2v) is 5.05. The van der Waals surface area contributed by atoms with E-state index in [-0.39, 0.29) is 5.91 Å². The molecule has 0 fully saturated rings. The lowest BCUT2D eigenvalue weighted by Crippen LogP contribution is -2.13. The summed E-state index contributed by atoms with van der Waals surface area (Å²) in [6.07, 6.45) is 3.35. The molecule has 0 saturated carbocycles. The molecule has 0 aliphatic carbocycles. The number of rotatable bonds is 2. The first-order chi connectivity index (χ1) is 10.7. The number of nitrogens with zero attached hydrogens (tertiary/aromatic N) is 2. The predicted octanol–water partition coefficient (Wildman–Crippen LogP) is 2.38. The third-order valence-corrected chi connectivity index (χ3v) is 3.67. The van der Waals surface area contributed by atoms with Crippen molar-refractivity contribution in [2.24, 2.45) is 5.10 Å². The Labute approximate surface area is 125 Å². The van der Waals surface area contributed by atoms with Gasteiger partial charge in [0.15, 0.2) is 5.76 Å². The van der Waals surface area contributed by atoms with E-state index < -0.39 is 0 Å². The van der Waals surface area contributed by atoms with Crippen molar-refractivity contribution in [3.05, 3.63) is 59.1 Å². The van der Waals surface area contributed by atoms with Gasteiger partial charge in [0.05, 0.1) is 11.8 Å². The number of nitrogens with one attached hydrogen (secondary N) is 2. The van der Waals surface area contributed by atoms with E-state index in [2.05, 4.69) is 20.7 Å². The maximum absolute atomic E-state index is 12.1. The van der Waals surface area contributed by atoms with Crippen molar-refractivity contribution < 1.29 is 9.32 Å². The molecule has 3 heterocycles. The molecule has 3 aromatic rings. The molecule has 0 spiro atoms. The molecule has 1 amide bonds. The molecule has 1 aliphatic rings. The minimum absolute atomic E-state index is 0.254. The van der Waals surface area contributed by atoms with Gasteiger partial charge in [-0.05, 0) is 19.1 Å². The molecule has 6 nitrogen and oxygen atoms in total. The molecule has 2 N–H and O–H groups in total. The quantitative estimate of drug-likeness (QED) is 0.711. The maximum atomic E-state index is 12.1. The van der Waals surface area contributed by atoms with Crippen LogP contribution in [0.4, 0.5) is 0 Å². The summed E-state index contributed by atoms with van der Waals surface area (Å²) in [7, 11) is 0. The molecule has 6 heteroatoms.